The van der Waals surface area contributed by atoms with Crippen molar-refractivity contribution in [2.45, 2.75) is 39.3 Å². The van der Waals surface area contributed by atoms with Gasteiger partial charge < -0.3 is 19.5 Å². The van der Waals surface area contributed by atoms with E-state index in [0.717, 1.165) is 49.5 Å². The minimum atomic E-state index is -0.0707. The molecule has 3 rings (SSSR count). The van der Waals surface area contributed by atoms with E-state index in [-0.39, 0.29) is 23.6 Å². The summed E-state index contributed by atoms with van der Waals surface area (Å²) in [5.74, 6) is 1.48. The van der Waals surface area contributed by atoms with E-state index in [2.05, 4.69) is 4.90 Å². The number of phenols is 1. The molecule has 6 heteroatoms. The van der Waals surface area contributed by atoms with Crippen LogP contribution in [0.3, 0.4) is 0 Å². The minimum Gasteiger partial charge on any atom is -0.504 e. The van der Waals surface area contributed by atoms with E-state index in [1.165, 1.54) is 0 Å². The monoisotopic (exact) mass is 412 g/mol. The maximum atomic E-state index is 13.1. The van der Waals surface area contributed by atoms with Gasteiger partial charge in [0.2, 0.25) is 5.91 Å². The SMILES string of the molecule is COc1cccc(N(C(=O)C(C)C)C2CCN(Cc3ccc(O)c(OC)c3)CC2)c1. The van der Waals surface area contributed by atoms with Crippen LogP contribution in [-0.4, -0.2) is 49.3 Å². The number of hydrogen-bond donors (Lipinski definition) is 1. The molecule has 1 amide bonds. The number of piperidine rings is 1. The minimum absolute atomic E-state index is 0.0707. The van der Waals surface area contributed by atoms with Crippen LogP contribution in [0.15, 0.2) is 42.5 Å². The van der Waals surface area contributed by atoms with E-state index >= 15 is 0 Å². The number of anilines is 1. The second-order valence-electron chi connectivity index (χ2n) is 8.08. The van der Waals surface area contributed by atoms with E-state index in [0.29, 0.717) is 5.75 Å². The Kier molecular flexibility index (Phi) is 7.21. The van der Waals surface area contributed by atoms with E-state index in [1.807, 2.05) is 55.1 Å². The Labute approximate surface area is 179 Å². The fourth-order valence-electron chi connectivity index (χ4n) is 3.97. The number of methoxy groups -OCH3 is 2. The Hall–Kier alpha value is -2.73. The average Bonchev–Trinajstić information content (AvgIpc) is 2.76. The second kappa shape index (κ2) is 9.85. The lowest BCUT2D eigenvalue weighted by atomic mass is 9.99. The summed E-state index contributed by atoms with van der Waals surface area (Å²) in [5.41, 5.74) is 2.00. The molecule has 1 fully saturated rings. The largest absolute Gasteiger partial charge is 0.504 e. The quantitative estimate of drug-likeness (QED) is 0.743. The van der Waals surface area contributed by atoms with Crippen molar-refractivity contribution >= 4 is 11.6 Å². The van der Waals surface area contributed by atoms with Gasteiger partial charge in [-0.25, -0.2) is 0 Å². The highest BCUT2D eigenvalue weighted by atomic mass is 16.5. The Morgan fingerprint density at radius 1 is 1.13 bits per heavy atom. The van der Waals surface area contributed by atoms with Gasteiger partial charge in [0.25, 0.3) is 0 Å². The van der Waals surface area contributed by atoms with Gasteiger partial charge in [-0.2, -0.15) is 0 Å². The maximum absolute atomic E-state index is 13.1. The zero-order valence-electron chi connectivity index (χ0n) is 18.3. The summed E-state index contributed by atoms with van der Waals surface area (Å²) >= 11 is 0. The molecule has 0 bridgehead atoms. The lowest BCUT2D eigenvalue weighted by Gasteiger charge is -2.39. The topological polar surface area (TPSA) is 62.2 Å². The van der Waals surface area contributed by atoms with E-state index in [9.17, 15) is 9.90 Å². The predicted molar refractivity (Wildman–Crippen MR) is 118 cm³/mol. The van der Waals surface area contributed by atoms with Crippen molar-refractivity contribution in [2.24, 2.45) is 5.92 Å². The molecule has 1 heterocycles. The fraction of sp³-hybridized carbons (Fsp3) is 0.458. The Bertz CT molecular complexity index is 860. The third-order valence-electron chi connectivity index (χ3n) is 5.64. The number of likely N-dealkylation sites (tertiary alicyclic amines) is 1. The molecule has 162 valence electrons. The molecule has 1 saturated heterocycles. The summed E-state index contributed by atoms with van der Waals surface area (Å²) in [7, 11) is 3.20. The van der Waals surface area contributed by atoms with Gasteiger partial charge in [-0.3, -0.25) is 9.69 Å². The molecule has 0 saturated carbocycles. The number of hydrogen-bond acceptors (Lipinski definition) is 5. The molecule has 1 N–H and O–H groups in total. The van der Waals surface area contributed by atoms with Gasteiger partial charge in [-0.1, -0.05) is 26.0 Å². The average molecular weight is 413 g/mol. The molecule has 0 atom stereocenters. The highest BCUT2D eigenvalue weighted by molar-refractivity contribution is 5.95. The van der Waals surface area contributed by atoms with Crippen LogP contribution in [0, 0.1) is 5.92 Å². The molecule has 0 aliphatic carbocycles. The van der Waals surface area contributed by atoms with Crippen molar-refractivity contribution in [3.63, 3.8) is 0 Å². The van der Waals surface area contributed by atoms with Crippen LogP contribution in [0.5, 0.6) is 17.2 Å². The summed E-state index contributed by atoms with van der Waals surface area (Å²) in [6.07, 6.45) is 1.82. The smallest absolute Gasteiger partial charge is 0.229 e. The zero-order chi connectivity index (χ0) is 21.7. The molecule has 1 aliphatic rings. The molecular weight excluding hydrogens is 380 g/mol. The summed E-state index contributed by atoms with van der Waals surface area (Å²) in [6, 6.07) is 13.4. The Morgan fingerprint density at radius 3 is 2.50 bits per heavy atom. The first-order valence-corrected chi connectivity index (χ1v) is 10.5. The van der Waals surface area contributed by atoms with Crippen LogP contribution in [0.1, 0.15) is 32.3 Å². The van der Waals surface area contributed by atoms with E-state index in [4.69, 9.17) is 9.47 Å². The highest BCUT2D eigenvalue weighted by Crippen LogP contribution is 2.30. The molecule has 2 aromatic rings. The van der Waals surface area contributed by atoms with Crippen molar-refractivity contribution in [1.82, 2.24) is 4.90 Å². The first-order valence-electron chi connectivity index (χ1n) is 10.5. The normalized spacial score (nSPS) is 15.2. The van der Waals surface area contributed by atoms with Gasteiger partial charge in [-0.05, 0) is 42.7 Å². The molecule has 0 spiro atoms. The number of carbonyl (C=O) groups is 1. The number of nitrogens with zero attached hydrogens (tertiary/aromatic N) is 2. The lowest BCUT2D eigenvalue weighted by Crippen LogP contribution is -2.48. The van der Waals surface area contributed by atoms with Crippen LogP contribution in [0.25, 0.3) is 0 Å². The molecule has 2 aromatic carbocycles. The van der Waals surface area contributed by atoms with Crippen molar-refractivity contribution in [2.75, 3.05) is 32.2 Å². The molecule has 1 aliphatic heterocycles. The van der Waals surface area contributed by atoms with Crippen LogP contribution in [-0.2, 0) is 11.3 Å². The Balaban J connectivity index is 1.70. The number of ether oxygens (including phenoxy) is 2. The second-order valence-corrected chi connectivity index (χ2v) is 8.08. The highest BCUT2D eigenvalue weighted by Gasteiger charge is 2.30. The number of benzene rings is 2. The number of carbonyl (C=O) groups excluding carboxylic acids is 1. The Morgan fingerprint density at radius 2 is 1.87 bits per heavy atom. The first-order chi connectivity index (χ1) is 14.4. The van der Waals surface area contributed by atoms with E-state index < -0.39 is 0 Å². The summed E-state index contributed by atoms with van der Waals surface area (Å²) < 4.78 is 10.6. The molecule has 6 nitrogen and oxygen atoms in total. The summed E-state index contributed by atoms with van der Waals surface area (Å²) in [4.78, 5) is 17.4. The van der Waals surface area contributed by atoms with Crippen molar-refractivity contribution in [3.8, 4) is 17.2 Å². The van der Waals surface area contributed by atoms with Crippen molar-refractivity contribution in [3.05, 3.63) is 48.0 Å². The zero-order valence-corrected chi connectivity index (χ0v) is 18.3. The standard InChI is InChI=1S/C24H32N2O4/c1-17(2)24(28)26(20-6-5-7-21(15-20)29-3)19-10-12-25(13-11-19)16-18-8-9-22(27)23(14-18)30-4/h5-9,14-15,17,19,27H,10-13,16H2,1-4H3. The van der Waals surface area contributed by atoms with E-state index in [1.54, 1.807) is 20.3 Å². The fourth-order valence-corrected chi connectivity index (χ4v) is 3.97. The molecule has 0 radical (unpaired) electrons. The molecule has 0 aromatic heterocycles. The van der Waals surface area contributed by atoms with Gasteiger partial charge in [0.05, 0.1) is 14.2 Å². The van der Waals surface area contributed by atoms with Gasteiger partial charge in [-0.15, -0.1) is 0 Å². The number of aromatic hydroxyl groups is 1. The number of rotatable bonds is 7. The third kappa shape index (κ3) is 5.05. The third-order valence-corrected chi connectivity index (χ3v) is 5.64. The van der Waals surface area contributed by atoms with Gasteiger partial charge >= 0.3 is 0 Å². The summed E-state index contributed by atoms with van der Waals surface area (Å²) in [5, 5.41) is 9.79. The number of phenolic OH excluding ortho intramolecular Hbond substituents is 1. The molecule has 30 heavy (non-hydrogen) atoms. The maximum Gasteiger partial charge on any atom is 0.229 e. The van der Waals surface area contributed by atoms with Crippen molar-refractivity contribution in [1.29, 1.82) is 0 Å². The molecular formula is C24H32N2O4. The van der Waals surface area contributed by atoms with Crippen molar-refractivity contribution < 1.29 is 19.4 Å². The van der Waals surface area contributed by atoms with Gasteiger partial charge in [0.15, 0.2) is 11.5 Å². The number of amides is 1. The molecule has 0 unspecified atom stereocenters. The van der Waals surface area contributed by atoms with Crippen LogP contribution in [0.2, 0.25) is 0 Å². The van der Waals surface area contributed by atoms with Crippen LogP contribution < -0.4 is 14.4 Å². The van der Waals surface area contributed by atoms with Crippen LogP contribution in [0.4, 0.5) is 5.69 Å². The van der Waals surface area contributed by atoms with Crippen LogP contribution >= 0.6 is 0 Å². The predicted octanol–water partition coefficient (Wildman–Crippen LogP) is 4.06. The summed E-state index contributed by atoms with van der Waals surface area (Å²) in [6.45, 7) is 6.49. The lowest BCUT2D eigenvalue weighted by molar-refractivity contribution is -0.122. The van der Waals surface area contributed by atoms with Gasteiger partial charge in [0, 0.05) is 43.3 Å². The van der Waals surface area contributed by atoms with Gasteiger partial charge in [0.1, 0.15) is 5.75 Å². The first kappa shape index (κ1) is 22.0.